The van der Waals surface area contributed by atoms with E-state index in [0.29, 0.717) is 25.0 Å². The molecule has 4 saturated carbocycles. The fourth-order valence-electron chi connectivity index (χ4n) is 6.24. The van der Waals surface area contributed by atoms with Crippen molar-refractivity contribution in [1.29, 1.82) is 0 Å². The molecule has 0 radical (unpaired) electrons. The van der Waals surface area contributed by atoms with Gasteiger partial charge in [-0.25, -0.2) is 0 Å². The lowest BCUT2D eigenvalue weighted by atomic mass is 9.46. The van der Waals surface area contributed by atoms with Crippen molar-refractivity contribution in [3.63, 3.8) is 0 Å². The van der Waals surface area contributed by atoms with Gasteiger partial charge in [-0.2, -0.15) is 0 Å². The Morgan fingerprint density at radius 2 is 1.71 bits per heavy atom. The van der Waals surface area contributed by atoms with Gasteiger partial charge in [0.05, 0.1) is 19.1 Å². The van der Waals surface area contributed by atoms with E-state index in [1.807, 2.05) is 24.3 Å². The molecule has 0 saturated heterocycles. The van der Waals surface area contributed by atoms with Crippen LogP contribution < -0.4 is 20.1 Å². The molecule has 4 fully saturated rings. The smallest absolute Gasteiger partial charge is 0.226 e. The van der Waals surface area contributed by atoms with Crippen LogP contribution in [0.2, 0.25) is 0 Å². The summed E-state index contributed by atoms with van der Waals surface area (Å²) in [6.45, 7) is 2.49. The largest absolute Gasteiger partial charge is 0.497 e. The molecule has 0 spiro atoms. The minimum Gasteiger partial charge on any atom is -0.497 e. The first-order valence-electron chi connectivity index (χ1n) is 10.3. The maximum absolute atomic E-state index is 13.1. The average Bonchev–Trinajstić information content (AvgIpc) is 2.63. The molecule has 0 unspecified atom stereocenters. The van der Waals surface area contributed by atoms with Gasteiger partial charge >= 0.3 is 0 Å². The van der Waals surface area contributed by atoms with E-state index < -0.39 is 0 Å². The highest BCUT2D eigenvalue weighted by atomic mass is 16.5. The van der Waals surface area contributed by atoms with Gasteiger partial charge in [0, 0.05) is 12.5 Å². The van der Waals surface area contributed by atoms with Crippen molar-refractivity contribution in [2.24, 2.45) is 17.3 Å². The van der Waals surface area contributed by atoms with Crippen molar-refractivity contribution in [3.05, 3.63) is 24.3 Å². The molecule has 6 nitrogen and oxygen atoms in total. The number of carbonyl (C=O) groups excluding carboxylic acids is 2. The Kier molecular flexibility index (Phi) is 4.98. The minimum absolute atomic E-state index is 0.0189. The molecular weight excluding hydrogens is 356 g/mol. The number of amides is 2. The van der Waals surface area contributed by atoms with Crippen LogP contribution in [0.1, 0.15) is 45.4 Å². The molecule has 4 aliphatic carbocycles. The molecule has 1 aromatic rings. The quantitative estimate of drug-likeness (QED) is 0.707. The molecule has 5 rings (SSSR count). The van der Waals surface area contributed by atoms with Gasteiger partial charge in [0.25, 0.3) is 0 Å². The Hall–Kier alpha value is -2.24. The molecule has 0 aliphatic heterocycles. The van der Waals surface area contributed by atoms with E-state index in [1.54, 1.807) is 14.0 Å². The summed E-state index contributed by atoms with van der Waals surface area (Å²) in [5, 5.41) is 6.31. The highest BCUT2D eigenvalue weighted by Crippen LogP contribution is 2.61. The maximum Gasteiger partial charge on any atom is 0.226 e. The maximum atomic E-state index is 13.1. The summed E-state index contributed by atoms with van der Waals surface area (Å²) in [5.41, 5.74) is -0.500. The number of ether oxygens (including phenoxy) is 2. The molecular formula is C22H30N2O4. The van der Waals surface area contributed by atoms with Crippen LogP contribution >= 0.6 is 0 Å². The monoisotopic (exact) mass is 386 g/mol. The van der Waals surface area contributed by atoms with Gasteiger partial charge in [-0.15, -0.1) is 0 Å². The van der Waals surface area contributed by atoms with Crippen molar-refractivity contribution >= 4 is 11.8 Å². The van der Waals surface area contributed by atoms with Crippen LogP contribution in [0.5, 0.6) is 11.5 Å². The summed E-state index contributed by atoms with van der Waals surface area (Å²) in [6.07, 6.45) is 5.94. The Morgan fingerprint density at radius 3 is 2.32 bits per heavy atom. The molecule has 1 aromatic carbocycles. The Balaban J connectivity index is 1.33. The van der Waals surface area contributed by atoms with Crippen molar-refractivity contribution in [2.45, 2.75) is 51.0 Å². The highest BCUT2D eigenvalue weighted by Gasteiger charge is 2.60. The molecule has 2 atom stereocenters. The van der Waals surface area contributed by atoms with Gasteiger partial charge in [-0.1, -0.05) is 0 Å². The number of methoxy groups -OCH3 is 1. The zero-order chi connectivity index (χ0) is 19.8. The molecule has 152 valence electrons. The first-order chi connectivity index (χ1) is 13.4. The first-order valence-corrected chi connectivity index (χ1v) is 10.3. The third kappa shape index (κ3) is 3.69. The van der Waals surface area contributed by atoms with Crippen LogP contribution in [0, 0.1) is 17.3 Å². The van der Waals surface area contributed by atoms with Gasteiger partial charge in [0.2, 0.25) is 11.8 Å². The van der Waals surface area contributed by atoms with Crippen molar-refractivity contribution in [2.75, 3.05) is 20.3 Å². The summed E-state index contributed by atoms with van der Waals surface area (Å²) in [6, 6.07) is 7.42. The van der Waals surface area contributed by atoms with E-state index in [4.69, 9.17) is 9.47 Å². The molecule has 0 aromatic heterocycles. The fraction of sp³-hybridized carbons (Fsp3) is 0.636. The lowest BCUT2D eigenvalue weighted by Gasteiger charge is -2.61. The predicted molar refractivity (Wildman–Crippen MR) is 105 cm³/mol. The van der Waals surface area contributed by atoms with Gasteiger partial charge < -0.3 is 20.1 Å². The third-order valence-electron chi connectivity index (χ3n) is 6.70. The molecule has 2 amide bonds. The van der Waals surface area contributed by atoms with Crippen LogP contribution in [0.25, 0.3) is 0 Å². The molecule has 4 bridgehead atoms. The molecule has 2 N–H and O–H groups in total. The summed E-state index contributed by atoms with van der Waals surface area (Å²) >= 11 is 0. The number of rotatable bonds is 7. The lowest BCUT2D eigenvalue weighted by molar-refractivity contribution is -0.153. The lowest BCUT2D eigenvalue weighted by Crippen LogP contribution is -2.65. The minimum atomic E-state index is -0.327. The molecule has 0 heterocycles. The Bertz CT molecular complexity index is 731. The summed E-state index contributed by atoms with van der Waals surface area (Å²) in [7, 11) is 1.63. The SMILES string of the molecule is COc1ccc(OCCNC(=O)C23C[C@H]4C[C@@H](CC(NC(C)=O)(C4)C2)C3)cc1. The van der Waals surface area contributed by atoms with Gasteiger partial charge in [0.1, 0.15) is 18.1 Å². The van der Waals surface area contributed by atoms with Crippen molar-refractivity contribution in [1.82, 2.24) is 10.6 Å². The Morgan fingerprint density at radius 1 is 1.07 bits per heavy atom. The molecule has 28 heavy (non-hydrogen) atoms. The van der Waals surface area contributed by atoms with Crippen LogP contribution in [-0.2, 0) is 9.59 Å². The number of hydrogen-bond acceptors (Lipinski definition) is 4. The predicted octanol–water partition coefficient (Wildman–Crippen LogP) is 2.67. The number of nitrogens with one attached hydrogen (secondary N) is 2. The summed E-state index contributed by atoms with van der Waals surface area (Å²) < 4.78 is 10.9. The number of carbonyl (C=O) groups is 2. The second-order valence-electron chi connectivity index (χ2n) is 8.98. The molecule has 6 heteroatoms. The van der Waals surface area contributed by atoms with E-state index >= 15 is 0 Å². The van der Waals surface area contributed by atoms with E-state index in [9.17, 15) is 9.59 Å². The van der Waals surface area contributed by atoms with Gasteiger partial charge in [-0.05, 0) is 74.6 Å². The number of hydrogen-bond donors (Lipinski definition) is 2. The van der Waals surface area contributed by atoms with Crippen molar-refractivity contribution in [3.8, 4) is 11.5 Å². The fourth-order valence-corrected chi connectivity index (χ4v) is 6.24. The van der Waals surface area contributed by atoms with E-state index in [1.165, 1.54) is 6.42 Å². The second-order valence-corrected chi connectivity index (χ2v) is 8.98. The standard InChI is InChI=1S/C22H30N2O4/c1-15(25)24-22-12-16-9-17(13-22)11-21(10-16,14-22)20(26)23-7-8-28-19-5-3-18(27-2)4-6-19/h3-6,16-17H,7-14H2,1-2H3,(H,23,26)(H,24,25)/t16-,17-,21?,22?/m1/s1. The van der Waals surface area contributed by atoms with Crippen LogP contribution in [0.3, 0.4) is 0 Å². The molecule has 4 aliphatic rings. The average molecular weight is 386 g/mol. The second kappa shape index (κ2) is 7.30. The zero-order valence-corrected chi connectivity index (χ0v) is 16.8. The van der Waals surface area contributed by atoms with Crippen LogP contribution in [0.4, 0.5) is 0 Å². The van der Waals surface area contributed by atoms with Crippen molar-refractivity contribution < 1.29 is 19.1 Å². The van der Waals surface area contributed by atoms with Crippen LogP contribution in [0.15, 0.2) is 24.3 Å². The summed E-state index contributed by atoms with van der Waals surface area (Å²) in [5.74, 6) is 2.80. The van der Waals surface area contributed by atoms with Gasteiger partial charge in [0.15, 0.2) is 0 Å². The van der Waals surface area contributed by atoms with E-state index in [2.05, 4.69) is 10.6 Å². The highest BCUT2D eigenvalue weighted by molar-refractivity contribution is 5.84. The summed E-state index contributed by atoms with van der Waals surface area (Å²) in [4.78, 5) is 24.9. The third-order valence-corrected chi connectivity index (χ3v) is 6.70. The van der Waals surface area contributed by atoms with Gasteiger partial charge in [-0.3, -0.25) is 9.59 Å². The van der Waals surface area contributed by atoms with E-state index in [0.717, 1.165) is 43.6 Å². The topological polar surface area (TPSA) is 76.7 Å². The number of benzene rings is 1. The normalized spacial score (nSPS) is 32.6. The zero-order valence-electron chi connectivity index (χ0n) is 16.8. The Labute approximate surface area is 166 Å². The van der Waals surface area contributed by atoms with Crippen LogP contribution in [-0.4, -0.2) is 37.6 Å². The first kappa shape index (κ1) is 19.1. The van der Waals surface area contributed by atoms with E-state index in [-0.39, 0.29) is 22.8 Å².